The molecular weight excluding hydrogens is 288 g/mol. The maximum atomic E-state index is 11.6. The van der Waals surface area contributed by atoms with Crippen LogP contribution >= 0.6 is 0 Å². The summed E-state index contributed by atoms with van der Waals surface area (Å²) in [6.45, 7) is 6.76. The number of nitrogens with zero attached hydrogens (tertiary/aromatic N) is 1. The summed E-state index contributed by atoms with van der Waals surface area (Å²) in [6, 6.07) is 8.35. The molecule has 5 aliphatic heterocycles. The normalized spacial score (nSPS) is 47.0. The standard InChI is InChI=1S/C19H24N2O2/c1-2-13-12-21-9-7-14(13)11-17(21)19-18(22,8-10-23-19)15-5-3-4-6-16(15)20-19/h2-6,13-14,17,20,22H,1,7-12H2/t13-,14-,17+,18+,19?/m0/s1. The van der Waals surface area contributed by atoms with E-state index in [4.69, 9.17) is 4.74 Å². The summed E-state index contributed by atoms with van der Waals surface area (Å²) in [5.41, 5.74) is 0.412. The van der Waals surface area contributed by atoms with Crippen LogP contribution < -0.4 is 5.32 Å². The van der Waals surface area contributed by atoms with Crippen LogP contribution in [0, 0.1) is 11.8 Å². The van der Waals surface area contributed by atoms with Crippen LogP contribution in [0.2, 0.25) is 0 Å². The Labute approximate surface area is 137 Å². The lowest BCUT2D eigenvalue weighted by Gasteiger charge is -2.55. The van der Waals surface area contributed by atoms with Crippen LogP contribution in [0.1, 0.15) is 24.8 Å². The third-order valence-corrected chi connectivity index (χ3v) is 6.68. The highest BCUT2D eigenvalue weighted by Crippen LogP contribution is 2.57. The molecule has 1 aromatic carbocycles. The second-order valence-corrected chi connectivity index (χ2v) is 7.56. The Morgan fingerprint density at radius 2 is 2.26 bits per heavy atom. The third kappa shape index (κ3) is 1.61. The first-order valence-electron chi connectivity index (χ1n) is 8.78. The molecule has 2 bridgehead atoms. The molecule has 0 radical (unpaired) electrons. The Kier molecular flexibility index (Phi) is 2.80. The Bertz CT molecular complexity index is 663. The molecular formula is C19H24N2O2. The van der Waals surface area contributed by atoms with Crippen LogP contribution in [0.5, 0.6) is 0 Å². The summed E-state index contributed by atoms with van der Waals surface area (Å²) >= 11 is 0. The van der Waals surface area contributed by atoms with Crippen molar-refractivity contribution in [2.75, 3.05) is 25.0 Å². The van der Waals surface area contributed by atoms with Gasteiger partial charge in [0.05, 0.1) is 12.6 Å². The Morgan fingerprint density at radius 3 is 3.04 bits per heavy atom. The lowest BCUT2D eigenvalue weighted by molar-refractivity contribution is -0.168. The van der Waals surface area contributed by atoms with Gasteiger partial charge >= 0.3 is 0 Å². The van der Waals surface area contributed by atoms with Gasteiger partial charge in [-0.3, -0.25) is 4.90 Å². The number of piperidine rings is 3. The lowest BCUT2D eigenvalue weighted by Crippen LogP contribution is -2.68. The van der Waals surface area contributed by atoms with Crippen molar-refractivity contribution in [2.24, 2.45) is 11.8 Å². The Hall–Kier alpha value is -1.36. The number of aliphatic hydroxyl groups is 1. The van der Waals surface area contributed by atoms with Crippen molar-refractivity contribution in [3.05, 3.63) is 42.5 Å². The summed E-state index contributed by atoms with van der Waals surface area (Å²) in [4.78, 5) is 2.52. The largest absolute Gasteiger partial charge is 0.380 e. The third-order valence-electron chi connectivity index (χ3n) is 6.68. The number of anilines is 1. The zero-order valence-electron chi connectivity index (χ0n) is 13.4. The van der Waals surface area contributed by atoms with E-state index in [1.54, 1.807) is 0 Å². The van der Waals surface area contributed by atoms with Gasteiger partial charge < -0.3 is 15.2 Å². The second-order valence-electron chi connectivity index (χ2n) is 7.56. The molecule has 5 heterocycles. The van der Waals surface area contributed by atoms with E-state index in [1.807, 2.05) is 18.2 Å². The van der Waals surface area contributed by atoms with Gasteiger partial charge in [-0.05, 0) is 37.3 Å². The molecule has 0 saturated carbocycles. The van der Waals surface area contributed by atoms with Crippen molar-refractivity contribution in [2.45, 2.75) is 36.6 Å². The first-order valence-corrected chi connectivity index (χ1v) is 8.78. The van der Waals surface area contributed by atoms with Gasteiger partial charge in [-0.15, -0.1) is 6.58 Å². The van der Waals surface area contributed by atoms with Gasteiger partial charge in [0.15, 0.2) is 5.72 Å². The molecule has 122 valence electrons. The molecule has 5 aliphatic rings. The minimum absolute atomic E-state index is 0.220. The number of para-hydroxylation sites is 1. The number of ether oxygens (including phenoxy) is 1. The van der Waals surface area contributed by atoms with E-state index in [2.05, 4.69) is 28.9 Å². The van der Waals surface area contributed by atoms with Crippen molar-refractivity contribution in [1.82, 2.24) is 4.90 Å². The Balaban J connectivity index is 1.57. The summed E-state index contributed by atoms with van der Waals surface area (Å²) in [7, 11) is 0. The SMILES string of the molecule is C=C[C@H]1CN2CC[C@H]1C[C@@H]2C12Nc3ccccc3[C@]1(O)CCO2. The highest BCUT2D eigenvalue weighted by Gasteiger charge is 2.67. The highest BCUT2D eigenvalue weighted by atomic mass is 16.5. The Morgan fingerprint density at radius 1 is 1.39 bits per heavy atom. The molecule has 0 aromatic heterocycles. The van der Waals surface area contributed by atoms with Crippen molar-refractivity contribution in [3.63, 3.8) is 0 Å². The quantitative estimate of drug-likeness (QED) is 0.823. The summed E-state index contributed by atoms with van der Waals surface area (Å²) in [5.74, 6) is 1.24. The molecule has 2 unspecified atom stereocenters. The fourth-order valence-corrected chi connectivity index (χ4v) is 5.51. The number of hydrogen-bond acceptors (Lipinski definition) is 4. The van der Waals surface area contributed by atoms with E-state index in [0.29, 0.717) is 24.9 Å². The summed E-state index contributed by atoms with van der Waals surface area (Å²) < 4.78 is 6.28. The van der Waals surface area contributed by atoms with Crippen molar-refractivity contribution >= 4 is 5.69 Å². The summed E-state index contributed by atoms with van der Waals surface area (Å²) in [6.07, 6.45) is 5.08. The molecule has 2 N–H and O–H groups in total. The molecule has 4 nitrogen and oxygen atoms in total. The molecule has 0 amide bonds. The van der Waals surface area contributed by atoms with Gasteiger partial charge in [-0.1, -0.05) is 24.3 Å². The molecule has 0 spiro atoms. The van der Waals surface area contributed by atoms with E-state index in [1.165, 1.54) is 6.42 Å². The summed E-state index contributed by atoms with van der Waals surface area (Å²) in [5, 5.41) is 15.2. The van der Waals surface area contributed by atoms with Gasteiger partial charge in [0.25, 0.3) is 0 Å². The molecule has 6 rings (SSSR count). The smallest absolute Gasteiger partial charge is 0.187 e. The van der Waals surface area contributed by atoms with Gasteiger partial charge in [-0.25, -0.2) is 0 Å². The fraction of sp³-hybridized carbons (Fsp3) is 0.579. The molecule has 23 heavy (non-hydrogen) atoms. The number of nitrogens with one attached hydrogen (secondary N) is 1. The van der Waals surface area contributed by atoms with Crippen LogP contribution in [0.3, 0.4) is 0 Å². The van der Waals surface area contributed by atoms with E-state index in [9.17, 15) is 5.11 Å². The number of hydrogen-bond donors (Lipinski definition) is 2. The predicted octanol–water partition coefficient (Wildman–Crippen LogP) is 2.31. The monoisotopic (exact) mass is 312 g/mol. The van der Waals surface area contributed by atoms with Gasteiger partial charge in [0, 0.05) is 24.2 Å². The molecule has 4 fully saturated rings. The van der Waals surface area contributed by atoms with Crippen LogP contribution in [0.25, 0.3) is 0 Å². The fourth-order valence-electron chi connectivity index (χ4n) is 5.51. The van der Waals surface area contributed by atoms with E-state index in [-0.39, 0.29) is 6.04 Å². The van der Waals surface area contributed by atoms with E-state index >= 15 is 0 Å². The number of benzene rings is 1. The average molecular weight is 312 g/mol. The number of fused-ring (bicyclic) bond motifs is 7. The number of rotatable bonds is 2. The first kappa shape index (κ1) is 14.0. The van der Waals surface area contributed by atoms with E-state index < -0.39 is 11.3 Å². The first-order chi connectivity index (χ1) is 11.2. The van der Waals surface area contributed by atoms with Crippen molar-refractivity contribution in [1.29, 1.82) is 0 Å². The molecule has 4 saturated heterocycles. The van der Waals surface area contributed by atoms with Crippen molar-refractivity contribution in [3.8, 4) is 0 Å². The maximum absolute atomic E-state index is 11.6. The highest BCUT2D eigenvalue weighted by molar-refractivity contribution is 5.63. The topological polar surface area (TPSA) is 44.7 Å². The van der Waals surface area contributed by atoms with Crippen LogP contribution in [0.4, 0.5) is 5.69 Å². The van der Waals surface area contributed by atoms with Gasteiger partial charge in [-0.2, -0.15) is 0 Å². The van der Waals surface area contributed by atoms with E-state index in [0.717, 1.165) is 30.8 Å². The molecule has 0 aliphatic carbocycles. The second kappa shape index (κ2) is 4.59. The van der Waals surface area contributed by atoms with Crippen LogP contribution in [0.15, 0.2) is 36.9 Å². The van der Waals surface area contributed by atoms with Crippen molar-refractivity contribution < 1.29 is 9.84 Å². The molecule has 6 atom stereocenters. The van der Waals surface area contributed by atoms with Gasteiger partial charge in [0.1, 0.15) is 5.60 Å². The zero-order valence-corrected chi connectivity index (χ0v) is 13.4. The minimum Gasteiger partial charge on any atom is -0.380 e. The average Bonchev–Trinajstić information content (AvgIpc) is 3.05. The predicted molar refractivity (Wildman–Crippen MR) is 89.0 cm³/mol. The zero-order chi connectivity index (χ0) is 15.7. The molecule has 1 aromatic rings. The van der Waals surface area contributed by atoms with Crippen LogP contribution in [-0.4, -0.2) is 41.5 Å². The molecule has 4 heteroatoms. The maximum Gasteiger partial charge on any atom is 0.187 e. The van der Waals surface area contributed by atoms with Crippen LogP contribution in [-0.2, 0) is 10.3 Å². The minimum atomic E-state index is -0.921. The lowest BCUT2D eigenvalue weighted by atomic mass is 9.70. The van der Waals surface area contributed by atoms with Gasteiger partial charge in [0.2, 0.25) is 0 Å².